The van der Waals surface area contributed by atoms with Gasteiger partial charge in [-0.05, 0) is 32.9 Å². The summed E-state index contributed by atoms with van der Waals surface area (Å²) >= 11 is 1.75. The molecule has 0 saturated carbocycles. The van der Waals surface area contributed by atoms with Crippen LogP contribution in [0.4, 0.5) is 0 Å². The monoisotopic (exact) mass is 182 g/mol. The van der Waals surface area contributed by atoms with Crippen LogP contribution in [0, 0.1) is 6.92 Å². The Balaban J connectivity index is 1.94. The van der Waals surface area contributed by atoms with E-state index >= 15 is 0 Å². The summed E-state index contributed by atoms with van der Waals surface area (Å²) in [6, 6.07) is 0. The standard InChI is InChI=1S/C9H14N2S/c1-8-10-9(7-12-8)6-11-4-2-3-5-11/h7H,2-6H2,1H3. The van der Waals surface area contributed by atoms with Crippen molar-refractivity contribution in [3.8, 4) is 0 Å². The van der Waals surface area contributed by atoms with E-state index < -0.39 is 0 Å². The summed E-state index contributed by atoms with van der Waals surface area (Å²) in [7, 11) is 0. The molecule has 0 atom stereocenters. The van der Waals surface area contributed by atoms with Crippen LogP contribution in [0.3, 0.4) is 0 Å². The predicted molar refractivity (Wildman–Crippen MR) is 51.4 cm³/mol. The van der Waals surface area contributed by atoms with E-state index in [9.17, 15) is 0 Å². The van der Waals surface area contributed by atoms with Gasteiger partial charge in [-0.15, -0.1) is 11.3 Å². The summed E-state index contributed by atoms with van der Waals surface area (Å²) < 4.78 is 0. The number of hydrogen-bond acceptors (Lipinski definition) is 3. The molecule has 12 heavy (non-hydrogen) atoms. The average molecular weight is 182 g/mol. The van der Waals surface area contributed by atoms with Crippen molar-refractivity contribution in [2.75, 3.05) is 13.1 Å². The Morgan fingerprint density at radius 1 is 1.50 bits per heavy atom. The van der Waals surface area contributed by atoms with E-state index in [1.54, 1.807) is 11.3 Å². The maximum absolute atomic E-state index is 4.45. The van der Waals surface area contributed by atoms with E-state index in [-0.39, 0.29) is 0 Å². The zero-order chi connectivity index (χ0) is 8.39. The summed E-state index contributed by atoms with van der Waals surface area (Å²) in [6.45, 7) is 5.65. The normalized spacial score (nSPS) is 18.8. The van der Waals surface area contributed by atoms with Crippen LogP contribution in [0.15, 0.2) is 5.38 Å². The molecule has 2 heterocycles. The summed E-state index contributed by atoms with van der Waals surface area (Å²) in [5.74, 6) is 0. The zero-order valence-corrected chi connectivity index (χ0v) is 8.23. The first-order valence-electron chi connectivity index (χ1n) is 4.48. The van der Waals surface area contributed by atoms with Crippen LogP contribution in [-0.4, -0.2) is 23.0 Å². The molecule has 1 aliphatic rings. The van der Waals surface area contributed by atoms with Crippen molar-refractivity contribution < 1.29 is 0 Å². The van der Waals surface area contributed by atoms with Crippen LogP contribution in [0.1, 0.15) is 23.5 Å². The van der Waals surface area contributed by atoms with Crippen LogP contribution in [-0.2, 0) is 6.54 Å². The van der Waals surface area contributed by atoms with Crippen molar-refractivity contribution in [2.24, 2.45) is 0 Å². The molecular formula is C9H14N2S. The summed E-state index contributed by atoms with van der Waals surface area (Å²) in [5, 5.41) is 3.36. The van der Waals surface area contributed by atoms with Crippen molar-refractivity contribution >= 4 is 11.3 Å². The lowest BCUT2D eigenvalue weighted by molar-refractivity contribution is 0.328. The first-order valence-corrected chi connectivity index (χ1v) is 5.36. The average Bonchev–Trinajstić information content (AvgIpc) is 2.63. The minimum atomic E-state index is 1.06. The molecule has 0 spiro atoms. The summed E-state index contributed by atoms with van der Waals surface area (Å²) in [5.41, 5.74) is 1.25. The molecule has 1 fully saturated rings. The number of rotatable bonds is 2. The number of hydrogen-bond donors (Lipinski definition) is 0. The highest BCUT2D eigenvalue weighted by molar-refractivity contribution is 7.09. The smallest absolute Gasteiger partial charge is 0.0897 e. The number of aromatic nitrogens is 1. The first kappa shape index (κ1) is 8.20. The molecule has 1 aromatic heterocycles. The second kappa shape index (κ2) is 3.54. The molecule has 2 rings (SSSR count). The summed E-state index contributed by atoms with van der Waals surface area (Å²) in [6.07, 6.45) is 2.73. The highest BCUT2D eigenvalue weighted by Gasteiger charge is 2.12. The number of thiazole rings is 1. The molecule has 0 amide bonds. The van der Waals surface area contributed by atoms with Gasteiger partial charge in [-0.25, -0.2) is 4.98 Å². The SMILES string of the molecule is Cc1nc(CN2CCCC2)cs1. The van der Waals surface area contributed by atoms with E-state index in [1.807, 2.05) is 0 Å². The van der Waals surface area contributed by atoms with Crippen molar-refractivity contribution in [3.63, 3.8) is 0 Å². The maximum atomic E-state index is 4.45. The van der Waals surface area contributed by atoms with Crippen LogP contribution >= 0.6 is 11.3 Å². The third-order valence-electron chi connectivity index (χ3n) is 2.25. The van der Waals surface area contributed by atoms with Gasteiger partial charge in [0.2, 0.25) is 0 Å². The van der Waals surface area contributed by atoms with Crippen molar-refractivity contribution in [2.45, 2.75) is 26.3 Å². The lowest BCUT2D eigenvalue weighted by Crippen LogP contribution is -2.18. The van der Waals surface area contributed by atoms with E-state index in [0.717, 1.165) is 6.54 Å². The molecule has 0 aromatic carbocycles. The van der Waals surface area contributed by atoms with Crippen molar-refractivity contribution in [1.82, 2.24) is 9.88 Å². The lowest BCUT2D eigenvalue weighted by Gasteiger charge is -2.11. The Morgan fingerprint density at radius 2 is 2.25 bits per heavy atom. The number of aryl methyl sites for hydroxylation is 1. The largest absolute Gasteiger partial charge is 0.297 e. The number of nitrogens with zero attached hydrogens (tertiary/aromatic N) is 2. The second-order valence-corrected chi connectivity index (χ2v) is 4.40. The van der Waals surface area contributed by atoms with Gasteiger partial charge in [0.1, 0.15) is 0 Å². The van der Waals surface area contributed by atoms with Gasteiger partial charge in [-0.1, -0.05) is 0 Å². The quantitative estimate of drug-likeness (QED) is 0.696. The fraction of sp³-hybridized carbons (Fsp3) is 0.667. The minimum Gasteiger partial charge on any atom is -0.297 e. The minimum absolute atomic E-state index is 1.06. The van der Waals surface area contributed by atoms with Crippen LogP contribution < -0.4 is 0 Å². The fourth-order valence-electron chi connectivity index (χ4n) is 1.65. The molecule has 0 unspecified atom stereocenters. The van der Waals surface area contributed by atoms with Gasteiger partial charge in [0.25, 0.3) is 0 Å². The van der Waals surface area contributed by atoms with Gasteiger partial charge in [0.15, 0.2) is 0 Å². The third-order valence-corrected chi connectivity index (χ3v) is 3.07. The van der Waals surface area contributed by atoms with Gasteiger partial charge in [0.05, 0.1) is 10.7 Å². The molecule has 0 N–H and O–H groups in total. The first-order chi connectivity index (χ1) is 5.84. The molecule has 0 aliphatic carbocycles. The number of likely N-dealkylation sites (tertiary alicyclic amines) is 1. The van der Waals surface area contributed by atoms with Gasteiger partial charge in [-0.3, -0.25) is 4.90 Å². The topological polar surface area (TPSA) is 16.1 Å². The predicted octanol–water partition coefficient (Wildman–Crippen LogP) is 2.05. The molecule has 3 heteroatoms. The second-order valence-electron chi connectivity index (χ2n) is 3.34. The summed E-state index contributed by atoms with van der Waals surface area (Å²) in [4.78, 5) is 6.93. The van der Waals surface area contributed by atoms with Gasteiger partial charge >= 0.3 is 0 Å². The van der Waals surface area contributed by atoms with Crippen molar-refractivity contribution in [3.05, 3.63) is 16.1 Å². The lowest BCUT2D eigenvalue weighted by atomic mass is 10.4. The maximum Gasteiger partial charge on any atom is 0.0897 e. The zero-order valence-electron chi connectivity index (χ0n) is 7.42. The van der Waals surface area contributed by atoms with Gasteiger partial charge in [-0.2, -0.15) is 0 Å². The van der Waals surface area contributed by atoms with Crippen molar-refractivity contribution in [1.29, 1.82) is 0 Å². The molecule has 66 valence electrons. The Morgan fingerprint density at radius 3 is 2.83 bits per heavy atom. The molecule has 1 aliphatic heterocycles. The Hall–Kier alpha value is -0.410. The molecule has 0 radical (unpaired) electrons. The van der Waals surface area contributed by atoms with Gasteiger partial charge < -0.3 is 0 Å². The Kier molecular flexibility index (Phi) is 2.42. The molecule has 2 nitrogen and oxygen atoms in total. The van der Waals surface area contributed by atoms with Gasteiger partial charge in [0, 0.05) is 11.9 Å². The fourth-order valence-corrected chi connectivity index (χ4v) is 2.25. The molecule has 1 aromatic rings. The molecule has 0 bridgehead atoms. The van der Waals surface area contributed by atoms with E-state index in [4.69, 9.17) is 0 Å². The Bertz CT molecular complexity index is 251. The third kappa shape index (κ3) is 1.84. The van der Waals surface area contributed by atoms with Crippen LogP contribution in [0.25, 0.3) is 0 Å². The van der Waals surface area contributed by atoms with E-state index in [2.05, 4.69) is 22.2 Å². The Labute approximate surface area is 77.2 Å². The van der Waals surface area contributed by atoms with Crippen LogP contribution in [0.5, 0.6) is 0 Å². The van der Waals surface area contributed by atoms with E-state index in [0.29, 0.717) is 0 Å². The highest BCUT2D eigenvalue weighted by Crippen LogP contribution is 2.14. The highest BCUT2D eigenvalue weighted by atomic mass is 32.1. The van der Waals surface area contributed by atoms with E-state index in [1.165, 1.54) is 36.6 Å². The van der Waals surface area contributed by atoms with Crippen LogP contribution in [0.2, 0.25) is 0 Å². The molecular weight excluding hydrogens is 168 g/mol. The molecule has 1 saturated heterocycles.